The number of aromatic carboxylic acids is 2. The van der Waals surface area contributed by atoms with Crippen molar-refractivity contribution in [1.82, 2.24) is 9.97 Å². The van der Waals surface area contributed by atoms with Gasteiger partial charge in [-0.05, 0) is 0 Å². The first-order valence-corrected chi connectivity index (χ1v) is 2.86. The van der Waals surface area contributed by atoms with Crippen LogP contribution in [0.2, 0.25) is 0 Å². The molecule has 0 bridgehead atoms. The van der Waals surface area contributed by atoms with Crippen LogP contribution >= 0.6 is 0 Å². The summed E-state index contributed by atoms with van der Waals surface area (Å²) in [4.78, 5) is 27.0. The first-order valence-electron chi connectivity index (χ1n) is 2.86. The minimum absolute atomic E-state index is 0. The topological polar surface area (TPSA) is 232 Å². The minimum atomic E-state index is -1.69. The molecule has 0 fully saturated rings. The summed E-state index contributed by atoms with van der Waals surface area (Å²) >= 11 is 0. The fourth-order valence-electron chi connectivity index (χ4n) is 0.637. The summed E-state index contributed by atoms with van der Waals surface area (Å²) in [5, 5.41) is 20.4. The molecule has 0 aromatic carbocycles. The maximum absolute atomic E-state index is 10.2. The van der Waals surface area contributed by atoms with E-state index in [1.165, 1.54) is 0 Å². The third-order valence-corrected chi connectivity index (χ3v) is 1.08. The van der Waals surface area contributed by atoms with Crippen LogP contribution in [0.3, 0.4) is 0 Å². The Hall–Kier alpha value is -0.880. The Labute approximate surface area is 125 Å². The predicted molar refractivity (Wildman–Crippen MR) is 50.9 cm³/mol. The van der Waals surface area contributed by atoms with Gasteiger partial charge in [-0.15, -0.1) is 0 Å². The zero-order valence-corrected chi connectivity index (χ0v) is 10.6. The fourth-order valence-corrected chi connectivity index (χ4v) is 0.637. The van der Waals surface area contributed by atoms with E-state index in [1.807, 2.05) is 0 Å². The first kappa shape index (κ1) is 29.8. The van der Waals surface area contributed by atoms with E-state index in [4.69, 9.17) is 0 Å². The fraction of sp³-hybridized carbons (Fsp3) is 0. The number of carbonyl (C=O) groups excluding carboxylic acids is 2. The van der Waals surface area contributed by atoms with Crippen LogP contribution in [0.25, 0.3) is 0 Å². The molecule has 94 valence electrons. The van der Waals surface area contributed by atoms with Crippen LogP contribution in [0, 0.1) is 0 Å². The summed E-state index contributed by atoms with van der Waals surface area (Å²) in [6, 6.07) is 0. The number of nitrogens with zero attached hydrogens (tertiary/aromatic N) is 2. The number of hydrogen-bond acceptors (Lipinski definition) is 6. The monoisotopic (exact) mass is 278 g/mol. The molecule has 0 unspecified atom stereocenters. The van der Waals surface area contributed by atoms with Crippen LogP contribution < -0.4 is 10.2 Å². The van der Waals surface area contributed by atoms with E-state index in [0.717, 1.165) is 12.4 Å². The average molecular weight is 278 g/mol. The van der Waals surface area contributed by atoms with Crippen LogP contribution in [-0.4, -0.2) is 81.5 Å². The smallest absolute Gasteiger partial charge is 0.543 e. The maximum atomic E-state index is 10.2. The second kappa shape index (κ2) is 13.2. The van der Waals surface area contributed by atoms with Crippen molar-refractivity contribution < 1.29 is 41.7 Å². The summed E-state index contributed by atoms with van der Waals surface area (Å²) in [6.45, 7) is 0. The Morgan fingerprint density at radius 1 is 0.824 bits per heavy atom. The Morgan fingerprint density at radius 3 is 1.24 bits per heavy atom. The number of carboxylic acid groups (broad SMARTS) is 2. The second-order valence-electron chi connectivity index (χ2n) is 1.83. The molecule has 0 saturated carbocycles. The van der Waals surface area contributed by atoms with Gasteiger partial charge in [-0.1, -0.05) is 0 Å². The minimum Gasteiger partial charge on any atom is -0.543 e. The quantitative estimate of drug-likeness (QED) is 0.476. The molecule has 10 nitrogen and oxygen atoms in total. The summed E-state index contributed by atoms with van der Waals surface area (Å²) in [5.41, 5.74) is -1.45. The summed E-state index contributed by atoms with van der Waals surface area (Å²) < 4.78 is 0. The molecule has 0 saturated heterocycles. The van der Waals surface area contributed by atoms with Gasteiger partial charge >= 0.3 is 37.7 Å². The van der Waals surface area contributed by atoms with Gasteiger partial charge in [0.2, 0.25) is 0 Å². The number of carboxylic acids is 2. The van der Waals surface area contributed by atoms with Crippen molar-refractivity contribution in [1.29, 1.82) is 0 Å². The summed E-state index contributed by atoms with van der Waals surface area (Å²) in [5.74, 6) is -3.38. The Balaban J connectivity index is -0.0000000960. The van der Waals surface area contributed by atoms with Crippen LogP contribution in [0.15, 0.2) is 12.4 Å². The third-order valence-electron chi connectivity index (χ3n) is 1.08. The van der Waals surface area contributed by atoms with Crippen LogP contribution in [0.1, 0.15) is 21.0 Å². The maximum Gasteiger partial charge on any atom is 2.00 e. The molecular formula is C6H10CaN2O8. The standard InChI is InChI=1S/C6H4N2O4.Ca.4H2O/c9-5(10)3-4(6(11)12)8-2-1-7-3;;;;;/h1-2H,(H,9,10)(H,11,12);;4*1H2/q;+2;;;;/p-2. The zero-order valence-electron chi connectivity index (χ0n) is 8.39. The molecule has 0 atom stereocenters. The van der Waals surface area contributed by atoms with E-state index in [2.05, 4.69) is 9.97 Å². The molecule has 1 heterocycles. The average Bonchev–Trinajstić information content (AvgIpc) is 2.04. The van der Waals surface area contributed by atoms with Crippen molar-refractivity contribution in [3.63, 3.8) is 0 Å². The van der Waals surface area contributed by atoms with Gasteiger partial charge in [0.1, 0.15) is 11.4 Å². The second-order valence-corrected chi connectivity index (χ2v) is 1.83. The van der Waals surface area contributed by atoms with Crippen molar-refractivity contribution in [3.8, 4) is 0 Å². The Morgan fingerprint density at radius 2 is 1.06 bits per heavy atom. The van der Waals surface area contributed by atoms with Crippen molar-refractivity contribution in [2.45, 2.75) is 0 Å². The van der Waals surface area contributed by atoms with E-state index in [0.29, 0.717) is 0 Å². The van der Waals surface area contributed by atoms with Gasteiger partial charge in [0.05, 0.1) is 11.9 Å². The zero-order chi connectivity index (χ0) is 9.14. The predicted octanol–water partition coefficient (Wildman–Crippen LogP) is -6.48. The Bertz CT molecular complexity index is 314. The van der Waals surface area contributed by atoms with E-state index in [1.54, 1.807) is 0 Å². The van der Waals surface area contributed by atoms with E-state index in [9.17, 15) is 19.8 Å². The largest absolute Gasteiger partial charge is 2.00 e. The molecule has 8 N–H and O–H groups in total. The number of carbonyl (C=O) groups is 2. The van der Waals surface area contributed by atoms with Crippen LogP contribution in [0.4, 0.5) is 0 Å². The van der Waals surface area contributed by atoms with Gasteiger partial charge in [0, 0.05) is 12.4 Å². The van der Waals surface area contributed by atoms with E-state index >= 15 is 0 Å². The number of aromatic nitrogens is 2. The third kappa shape index (κ3) is 7.93. The van der Waals surface area contributed by atoms with Crippen LogP contribution in [-0.2, 0) is 0 Å². The molecule has 0 spiro atoms. The number of rotatable bonds is 2. The summed E-state index contributed by atoms with van der Waals surface area (Å²) in [6.07, 6.45) is 2.11. The number of hydrogen-bond donors (Lipinski definition) is 0. The van der Waals surface area contributed by atoms with E-state index in [-0.39, 0.29) is 59.6 Å². The first-order chi connectivity index (χ1) is 5.63. The van der Waals surface area contributed by atoms with Crippen LogP contribution in [0.5, 0.6) is 0 Å². The van der Waals surface area contributed by atoms with Gasteiger partial charge in [0.25, 0.3) is 0 Å². The molecule has 0 aliphatic carbocycles. The van der Waals surface area contributed by atoms with Crippen molar-refractivity contribution in [2.24, 2.45) is 0 Å². The van der Waals surface area contributed by atoms with Gasteiger partial charge < -0.3 is 41.7 Å². The molecule has 0 radical (unpaired) electrons. The van der Waals surface area contributed by atoms with Gasteiger partial charge in [0.15, 0.2) is 0 Å². The molecule has 1 rings (SSSR count). The van der Waals surface area contributed by atoms with Crippen molar-refractivity contribution in [2.75, 3.05) is 0 Å². The molecule has 17 heavy (non-hydrogen) atoms. The van der Waals surface area contributed by atoms with E-state index < -0.39 is 23.3 Å². The van der Waals surface area contributed by atoms with Gasteiger partial charge in [-0.3, -0.25) is 9.97 Å². The normalized spacial score (nSPS) is 6.59. The molecular weight excluding hydrogens is 268 g/mol. The molecule has 11 heteroatoms. The molecule has 0 aliphatic rings. The molecule has 1 aromatic rings. The Kier molecular flexibility index (Phi) is 23.1. The molecule has 1 aromatic heterocycles. The van der Waals surface area contributed by atoms with Gasteiger partial charge in [-0.2, -0.15) is 0 Å². The SMILES string of the molecule is O.O.O.O.O=C([O-])c1nccnc1C(=O)[O-].[Ca+2]. The molecule has 0 amide bonds. The van der Waals surface area contributed by atoms with Gasteiger partial charge in [-0.25, -0.2) is 0 Å². The van der Waals surface area contributed by atoms with Crippen molar-refractivity contribution in [3.05, 3.63) is 23.8 Å². The van der Waals surface area contributed by atoms with Crippen molar-refractivity contribution >= 4 is 49.7 Å². The molecule has 0 aliphatic heterocycles. The summed E-state index contributed by atoms with van der Waals surface area (Å²) in [7, 11) is 0.